The van der Waals surface area contributed by atoms with Gasteiger partial charge in [0.15, 0.2) is 5.54 Å². The maximum absolute atomic E-state index is 12.5. The van der Waals surface area contributed by atoms with E-state index in [1.165, 1.54) is 5.56 Å². The summed E-state index contributed by atoms with van der Waals surface area (Å²) in [5.74, 6) is -0.375. The van der Waals surface area contributed by atoms with Crippen molar-refractivity contribution in [2.75, 3.05) is 31.0 Å². The summed E-state index contributed by atoms with van der Waals surface area (Å²) >= 11 is -2.74. The third-order valence-electron chi connectivity index (χ3n) is 6.70. The fraction of sp³-hybridized carbons (Fsp3) is 0.296. The van der Waals surface area contributed by atoms with Gasteiger partial charge in [0.2, 0.25) is 0 Å². The molecule has 0 saturated carbocycles. The highest BCUT2D eigenvalue weighted by Gasteiger charge is 2.47. The Morgan fingerprint density at radius 2 is 1.57 bits per heavy atom. The number of anilines is 1. The van der Waals surface area contributed by atoms with Crippen LogP contribution in [0.2, 0.25) is 0 Å². The Morgan fingerprint density at radius 3 is 2.09 bits per heavy atom. The van der Waals surface area contributed by atoms with E-state index in [4.69, 9.17) is 4.74 Å². The molecule has 0 amide bonds. The summed E-state index contributed by atoms with van der Waals surface area (Å²) in [4.78, 5) is 14.7. The number of rotatable bonds is 9. The fourth-order valence-corrected chi connectivity index (χ4v) is 5.47. The monoisotopic (exact) mass is 493 g/mol. The van der Waals surface area contributed by atoms with Gasteiger partial charge in [0.25, 0.3) is 0 Å². The molecule has 1 aliphatic heterocycles. The molecule has 1 N–H and O–H groups in total. The fourth-order valence-electron chi connectivity index (χ4n) is 4.63. The van der Waals surface area contributed by atoms with Gasteiger partial charge in [-0.3, -0.25) is 8.51 Å². The van der Waals surface area contributed by atoms with Crippen LogP contribution in [-0.4, -0.2) is 57.0 Å². The number of carboxylic acids is 1. The van der Waals surface area contributed by atoms with Crippen LogP contribution in [0.3, 0.4) is 0 Å². The summed E-state index contributed by atoms with van der Waals surface area (Å²) in [6, 6.07) is 24.6. The van der Waals surface area contributed by atoms with Gasteiger partial charge in [-0.2, -0.15) is 0 Å². The van der Waals surface area contributed by atoms with Gasteiger partial charge in [-0.25, -0.2) is 4.79 Å². The van der Waals surface area contributed by atoms with Crippen LogP contribution in [0.1, 0.15) is 18.4 Å². The molecule has 35 heavy (non-hydrogen) atoms. The molecule has 4 rings (SSSR count). The lowest BCUT2D eigenvalue weighted by molar-refractivity contribution is -0.144. The summed E-state index contributed by atoms with van der Waals surface area (Å²) in [6.07, 6.45) is 1.29. The van der Waals surface area contributed by atoms with E-state index in [0.717, 1.165) is 34.1 Å². The Kier molecular flexibility index (Phi) is 7.85. The van der Waals surface area contributed by atoms with Crippen LogP contribution in [-0.2, 0) is 22.5 Å². The van der Waals surface area contributed by atoms with E-state index >= 15 is 0 Å². The first-order valence-electron chi connectivity index (χ1n) is 11.6. The normalized spacial score (nSPS) is 16.4. The SMILES string of the molecule is COc1ccc(-c2ccc(N(S(=O)[O-])C3(C(=O)O)CCN(CCc4ccccc4)CC3)cc2)cc1. The number of methoxy groups -OCH3 is 1. The number of ether oxygens (including phenoxy) is 1. The summed E-state index contributed by atoms with van der Waals surface area (Å²) in [5.41, 5.74) is 1.90. The largest absolute Gasteiger partial charge is 0.755 e. The Bertz CT molecular complexity index is 1140. The number of nitrogens with zero attached hydrogens (tertiary/aromatic N) is 2. The molecule has 1 aliphatic rings. The first-order valence-corrected chi connectivity index (χ1v) is 12.6. The molecule has 0 radical (unpaired) electrons. The third kappa shape index (κ3) is 5.56. The van der Waals surface area contributed by atoms with Crippen molar-refractivity contribution in [3.63, 3.8) is 0 Å². The van der Waals surface area contributed by atoms with E-state index in [9.17, 15) is 18.7 Å². The maximum atomic E-state index is 12.5. The zero-order chi connectivity index (χ0) is 24.8. The summed E-state index contributed by atoms with van der Waals surface area (Å²) in [6.45, 7) is 1.82. The molecule has 184 valence electrons. The number of aliphatic carboxylic acids is 1. The van der Waals surface area contributed by atoms with Gasteiger partial charge in [0.1, 0.15) is 5.75 Å². The molecule has 1 heterocycles. The molecule has 1 saturated heterocycles. The molecule has 0 aromatic heterocycles. The minimum absolute atomic E-state index is 0.214. The van der Waals surface area contributed by atoms with Gasteiger partial charge in [-0.1, -0.05) is 54.6 Å². The first-order chi connectivity index (χ1) is 16.9. The van der Waals surface area contributed by atoms with Gasteiger partial charge in [0.05, 0.1) is 7.11 Å². The Morgan fingerprint density at radius 1 is 1.00 bits per heavy atom. The molecule has 0 bridgehead atoms. The van der Waals surface area contributed by atoms with Crippen molar-refractivity contribution < 1.29 is 23.4 Å². The molecular weight excluding hydrogens is 464 g/mol. The van der Waals surface area contributed by atoms with Gasteiger partial charge >= 0.3 is 5.97 Å². The molecule has 0 spiro atoms. The zero-order valence-corrected chi connectivity index (χ0v) is 20.4. The third-order valence-corrected chi connectivity index (χ3v) is 7.56. The maximum Gasteiger partial charge on any atom is 0.330 e. The number of benzene rings is 3. The Labute approximate surface area is 208 Å². The molecule has 1 atom stereocenters. The van der Waals surface area contributed by atoms with Crippen molar-refractivity contribution in [2.24, 2.45) is 0 Å². The summed E-state index contributed by atoms with van der Waals surface area (Å²) < 4.78 is 31.0. The number of piperidine rings is 1. The highest BCUT2D eigenvalue weighted by molar-refractivity contribution is 7.80. The van der Waals surface area contributed by atoms with Crippen LogP contribution in [0, 0.1) is 0 Å². The van der Waals surface area contributed by atoms with Gasteiger partial charge in [0, 0.05) is 36.6 Å². The predicted octanol–water partition coefficient (Wildman–Crippen LogP) is 4.12. The van der Waals surface area contributed by atoms with E-state index in [0.29, 0.717) is 18.8 Å². The van der Waals surface area contributed by atoms with E-state index in [1.807, 2.05) is 54.6 Å². The smallest absolute Gasteiger partial charge is 0.330 e. The highest BCUT2D eigenvalue weighted by Crippen LogP contribution is 2.36. The molecule has 1 fully saturated rings. The molecule has 3 aromatic rings. The minimum atomic E-state index is -2.74. The van der Waals surface area contributed by atoms with E-state index in [-0.39, 0.29) is 12.8 Å². The number of hydrogen-bond acceptors (Lipinski definition) is 5. The minimum Gasteiger partial charge on any atom is -0.755 e. The van der Waals surface area contributed by atoms with Crippen LogP contribution in [0.4, 0.5) is 5.69 Å². The lowest BCUT2D eigenvalue weighted by Crippen LogP contribution is -2.61. The first kappa shape index (κ1) is 24.9. The van der Waals surface area contributed by atoms with Gasteiger partial charge in [-0.05, 0) is 60.2 Å². The van der Waals surface area contributed by atoms with Crippen molar-refractivity contribution in [3.05, 3.63) is 84.4 Å². The molecule has 8 heteroatoms. The average Bonchev–Trinajstić information content (AvgIpc) is 2.89. The molecule has 1 unspecified atom stereocenters. The lowest BCUT2D eigenvalue weighted by atomic mass is 9.86. The van der Waals surface area contributed by atoms with E-state index < -0.39 is 22.8 Å². The van der Waals surface area contributed by atoms with Gasteiger partial charge in [-0.15, -0.1) is 0 Å². The van der Waals surface area contributed by atoms with Crippen LogP contribution < -0.4 is 9.04 Å². The van der Waals surface area contributed by atoms with Crippen LogP contribution in [0.25, 0.3) is 11.1 Å². The molecular formula is C27H29N2O5S-. The quantitative estimate of drug-likeness (QED) is 0.451. The molecule has 3 aromatic carbocycles. The van der Waals surface area contributed by atoms with Crippen molar-refractivity contribution in [1.82, 2.24) is 4.90 Å². The molecule has 0 aliphatic carbocycles. The average molecular weight is 494 g/mol. The highest BCUT2D eigenvalue weighted by atomic mass is 32.2. The standard InChI is InChI=1S/C27H30N2O5S/c1-34-25-13-9-23(10-14-25)22-7-11-24(12-8-22)29(35(32)33)27(26(30)31)16-19-28(20-17-27)18-15-21-5-3-2-4-6-21/h2-14H,15-20H2,1H3,(H,30,31)(H,32,33)/p-1. The second kappa shape index (κ2) is 11.0. The number of hydrogen-bond donors (Lipinski definition) is 1. The number of carbonyl (C=O) groups is 1. The second-order valence-electron chi connectivity index (χ2n) is 8.70. The Balaban J connectivity index is 1.51. The van der Waals surface area contributed by atoms with Crippen LogP contribution in [0.15, 0.2) is 78.9 Å². The van der Waals surface area contributed by atoms with E-state index in [1.54, 1.807) is 19.2 Å². The van der Waals surface area contributed by atoms with Crippen molar-refractivity contribution in [1.29, 1.82) is 0 Å². The van der Waals surface area contributed by atoms with Crippen molar-refractivity contribution >= 4 is 22.9 Å². The number of carboxylic acid groups (broad SMARTS) is 1. The number of likely N-dealkylation sites (tertiary alicyclic amines) is 1. The summed E-state index contributed by atoms with van der Waals surface area (Å²) in [7, 11) is 1.60. The second-order valence-corrected chi connectivity index (χ2v) is 9.50. The lowest BCUT2D eigenvalue weighted by Gasteiger charge is -2.47. The summed E-state index contributed by atoms with van der Waals surface area (Å²) in [5, 5.41) is 10.2. The topological polar surface area (TPSA) is 93.1 Å². The van der Waals surface area contributed by atoms with E-state index in [2.05, 4.69) is 17.0 Å². The van der Waals surface area contributed by atoms with Gasteiger partial charge < -0.3 is 19.3 Å². The molecule has 7 nitrogen and oxygen atoms in total. The zero-order valence-electron chi connectivity index (χ0n) is 19.6. The van der Waals surface area contributed by atoms with Crippen LogP contribution in [0.5, 0.6) is 5.75 Å². The van der Waals surface area contributed by atoms with Crippen molar-refractivity contribution in [2.45, 2.75) is 24.8 Å². The predicted molar refractivity (Wildman–Crippen MR) is 136 cm³/mol. The Hall–Kier alpha value is -3.20. The van der Waals surface area contributed by atoms with Crippen LogP contribution >= 0.6 is 0 Å². The van der Waals surface area contributed by atoms with Crippen molar-refractivity contribution in [3.8, 4) is 16.9 Å².